The number of rotatable bonds is 6. The Kier molecular flexibility index (Phi) is 6.69. The van der Waals surface area contributed by atoms with Crippen LogP contribution in [0.2, 0.25) is 0 Å². The van der Waals surface area contributed by atoms with Crippen LogP contribution < -0.4 is 5.32 Å². The first-order chi connectivity index (χ1) is 14.7. The number of nitrogens with one attached hydrogen (secondary N) is 1. The standard InChI is InChI=1S/C23H28F2N4O2/c1-5-29-23(15(2)3,9-8-21(30)28(29)4)27-22(31)20-7-6-16(14-26-20)10-17-11-18(24)13-19(25)12-17/h6-7,11-15H,5,8-10H2,1-4H3,(H,27,31). The highest BCUT2D eigenvalue weighted by atomic mass is 19.1. The number of amides is 2. The normalized spacial score (nSPS) is 19.7. The third kappa shape index (κ3) is 4.74. The highest BCUT2D eigenvalue weighted by molar-refractivity contribution is 5.93. The zero-order valence-electron chi connectivity index (χ0n) is 18.3. The Morgan fingerprint density at radius 2 is 1.87 bits per heavy atom. The molecule has 1 aromatic heterocycles. The van der Waals surface area contributed by atoms with Crippen molar-refractivity contribution in [3.05, 3.63) is 65.0 Å². The van der Waals surface area contributed by atoms with Crippen molar-refractivity contribution >= 4 is 11.8 Å². The van der Waals surface area contributed by atoms with E-state index < -0.39 is 17.3 Å². The summed E-state index contributed by atoms with van der Waals surface area (Å²) in [5.74, 6) is -1.53. The lowest BCUT2D eigenvalue weighted by Gasteiger charge is -2.53. The molecule has 3 rings (SSSR count). The van der Waals surface area contributed by atoms with E-state index in [0.717, 1.165) is 11.6 Å². The van der Waals surface area contributed by atoms with Gasteiger partial charge in [-0.3, -0.25) is 19.6 Å². The molecule has 31 heavy (non-hydrogen) atoms. The molecule has 6 nitrogen and oxygen atoms in total. The summed E-state index contributed by atoms with van der Waals surface area (Å²) < 4.78 is 26.8. The summed E-state index contributed by atoms with van der Waals surface area (Å²) >= 11 is 0. The molecule has 1 N–H and O–H groups in total. The molecule has 2 heterocycles. The fourth-order valence-electron chi connectivity index (χ4n) is 4.22. The van der Waals surface area contributed by atoms with Gasteiger partial charge in [-0.05, 0) is 48.1 Å². The van der Waals surface area contributed by atoms with Crippen LogP contribution in [0.15, 0.2) is 36.5 Å². The molecule has 1 aromatic carbocycles. The predicted molar refractivity (Wildman–Crippen MR) is 113 cm³/mol. The van der Waals surface area contributed by atoms with Crippen molar-refractivity contribution in [2.24, 2.45) is 5.92 Å². The minimum atomic E-state index is -0.700. The zero-order valence-corrected chi connectivity index (χ0v) is 18.3. The van der Waals surface area contributed by atoms with Gasteiger partial charge in [0.25, 0.3) is 5.91 Å². The lowest BCUT2D eigenvalue weighted by atomic mass is 9.87. The van der Waals surface area contributed by atoms with E-state index in [-0.39, 0.29) is 23.4 Å². The largest absolute Gasteiger partial charge is 0.331 e. The van der Waals surface area contributed by atoms with Gasteiger partial charge in [0.2, 0.25) is 5.91 Å². The lowest BCUT2D eigenvalue weighted by molar-refractivity contribution is -0.182. The van der Waals surface area contributed by atoms with Gasteiger partial charge in [-0.2, -0.15) is 5.01 Å². The van der Waals surface area contributed by atoms with E-state index >= 15 is 0 Å². The van der Waals surface area contributed by atoms with Crippen LogP contribution in [0.25, 0.3) is 0 Å². The highest BCUT2D eigenvalue weighted by Crippen LogP contribution is 2.33. The number of hydrogen-bond acceptors (Lipinski definition) is 4. The molecule has 1 saturated heterocycles. The summed E-state index contributed by atoms with van der Waals surface area (Å²) in [4.78, 5) is 29.5. The first-order valence-electron chi connectivity index (χ1n) is 10.4. The van der Waals surface area contributed by atoms with Crippen molar-refractivity contribution in [3.8, 4) is 0 Å². The van der Waals surface area contributed by atoms with Gasteiger partial charge < -0.3 is 5.32 Å². The first kappa shape index (κ1) is 22.8. The molecular weight excluding hydrogens is 402 g/mol. The molecule has 166 valence electrons. The molecule has 0 radical (unpaired) electrons. The van der Waals surface area contributed by atoms with E-state index in [1.807, 2.05) is 25.8 Å². The Morgan fingerprint density at radius 1 is 1.19 bits per heavy atom. The van der Waals surface area contributed by atoms with Crippen LogP contribution in [0.3, 0.4) is 0 Å². The van der Waals surface area contributed by atoms with Gasteiger partial charge in [-0.15, -0.1) is 0 Å². The number of nitrogens with zero attached hydrogens (tertiary/aromatic N) is 3. The smallest absolute Gasteiger partial charge is 0.271 e. The first-order valence-corrected chi connectivity index (χ1v) is 10.4. The summed E-state index contributed by atoms with van der Waals surface area (Å²) in [7, 11) is 1.72. The number of aromatic nitrogens is 1. The van der Waals surface area contributed by atoms with Crippen LogP contribution in [0.1, 0.15) is 55.2 Å². The number of carbonyl (C=O) groups excluding carboxylic acids is 2. The van der Waals surface area contributed by atoms with E-state index in [9.17, 15) is 18.4 Å². The number of hydrazine groups is 1. The monoisotopic (exact) mass is 430 g/mol. The van der Waals surface area contributed by atoms with E-state index in [1.54, 1.807) is 24.2 Å². The Balaban J connectivity index is 1.78. The van der Waals surface area contributed by atoms with Gasteiger partial charge in [-0.25, -0.2) is 8.78 Å². The van der Waals surface area contributed by atoms with E-state index in [4.69, 9.17) is 0 Å². The van der Waals surface area contributed by atoms with Crippen molar-refractivity contribution < 1.29 is 18.4 Å². The molecule has 1 unspecified atom stereocenters. The van der Waals surface area contributed by atoms with Gasteiger partial charge in [0, 0.05) is 32.3 Å². The summed E-state index contributed by atoms with van der Waals surface area (Å²) in [6, 6.07) is 6.70. The summed E-state index contributed by atoms with van der Waals surface area (Å²) in [5, 5.41) is 6.59. The molecule has 8 heteroatoms. The van der Waals surface area contributed by atoms with Crippen LogP contribution in [-0.4, -0.2) is 46.1 Å². The van der Waals surface area contributed by atoms with Gasteiger partial charge in [0.1, 0.15) is 23.0 Å². The zero-order chi connectivity index (χ0) is 22.8. The second kappa shape index (κ2) is 9.09. The van der Waals surface area contributed by atoms with Crippen LogP contribution in [0.4, 0.5) is 8.78 Å². The molecule has 0 saturated carbocycles. The molecule has 1 aliphatic rings. The van der Waals surface area contributed by atoms with Gasteiger partial charge in [-0.1, -0.05) is 26.8 Å². The van der Waals surface area contributed by atoms with Gasteiger partial charge in [0.15, 0.2) is 0 Å². The summed E-state index contributed by atoms with van der Waals surface area (Å²) in [6.45, 7) is 6.54. The van der Waals surface area contributed by atoms with Gasteiger partial charge >= 0.3 is 0 Å². The quantitative estimate of drug-likeness (QED) is 0.762. The summed E-state index contributed by atoms with van der Waals surface area (Å²) in [5.41, 5.74) is 0.764. The molecule has 2 amide bonds. The number of pyridine rings is 1. The molecule has 0 aliphatic carbocycles. The van der Waals surface area contributed by atoms with E-state index in [1.165, 1.54) is 18.3 Å². The molecular formula is C23H28F2N4O2. The molecule has 1 fully saturated rings. The molecule has 0 bridgehead atoms. The molecule has 2 aromatic rings. The number of halogens is 2. The Hall–Kier alpha value is -2.87. The van der Waals surface area contributed by atoms with Gasteiger partial charge in [0.05, 0.1) is 0 Å². The Morgan fingerprint density at radius 3 is 2.42 bits per heavy atom. The SMILES string of the molecule is CCN1N(C)C(=O)CCC1(NC(=O)c1ccc(Cc2cc(F)cc(F)c2)cn1)C(C)C. The maximum absolute atomic E-state index is 13.4. The van der Waals surface area contributed by atoms with E-state index in [0.29, 0.717) is 31.4 Å². The van der Waals surface area contributed by atoms with Crippen LogP contribution >= 0.6 is 0 Å². The third-order valence-corrected chi connectivity index (χ3v) is 5.88. The number of hydrogen-bond donors (Lipinski definition) is 1. The second-order valence-electron chi connectivity index (χ2n) is 8.17. The molecule has 0 spiro atoms. The fourth-order valence-corrected chi connectivity index (χ4v) is 4.22. The van der Waals surface area contributed by atoms with Crippen LogP contribution in [0.5, 0.6) is 0 Å². The third-order valence-electron chi connectivity index (χ3n) is 5.88. The van der Waals surface area contributed by atoms with Crippen molar-refractivity contribution in [1.29, 1.82) is 0 Å². The van der Waals surface area contributed by atoms with Crippen molar-refractivity contribution in [2.45, 2.75) is 45.7 Å². The summed E-state index contributed by atoms with van der Waals surface area (Å²) in [6.07, 6.45) is 2.70. The average Bonchev–Trinajstić information content (AvgIpc) is 2.70. The maximum Gasteiger partial charge on any atom is 0.271 e. The Labute approximate surface area is 181 Å². The fraction of sp³-hybridized carbons (Fsp3) is 0.435. The number of benzene rings is 1. The lowest BCUT2D eigenvalue weighted by Crippen LogP contribution is -2.71. The minimum Gasteiger partial charge on any atom is -0.331 e. The average molecular weight is 430 g/mol. The van der Waals surface area contributed by atoms with E-state index in [2.05, 4.69) is 10.3 Å². The van der Waals surface area contributed by atoms with Crippen molar-refractivity contribution in [2.75, 3.05) is 13.6 Å². The topological polar surface area (TPSA) is 65.5 Å². The highest BCUT2D eigenvalue weighted by Gasteiger charge is 2.47. The molecule has 1 aliphatic heterocycles. The minimum absolute atomic E-state index is 0.0173. The molecule has 1 atom stereocenters. The maximum atomic E-state index is 13.4. The van der Waals surface area contributed by atoms with Crippen molar-refractivity contribution in [1.82, 2.24) is 20.3 Å². The van der Waals surface area contributed by atoms with Crippen LogP contribution in [0, 0.1) is 17.6 Å². The number of carbonyl (C=O) groups is 2. The van der Waals surface area contributed by atoms with Crippen molar-refractivity contribution in [3.63, 3.8) is 0 Å². The Bertz CT molecular complexity index is 944. The van der Waals surface area contributed by atoms with Crippen LogP contribution in [-0.2, 0) is 11.2 Å². The second-order valence-corrected chi connectivity index (χ2v) is 8.17. The predicted octanol–water partition coefficient (Wildman–Crippen LogP) is 3.52.